The van der Waals surface area contributed by atoms with Gasteiger partial charge in [-0.05, 0) is 67.4 Å². The quantitative estimate of drug-likeness (QED) is 0.484. The summed E-state index contributed by atoms with van der Waals surface area (Å²) >= 11 is 0. The molecular weight excluding hydrogens is 442 g/mol. The van der Waals surface area contributed by atoms with Gasteiger partial charge in [0.15, 0.2) is 11.5 Å². The highest BCUT2D eigenvalue weighted by Crippen LogP contribution is 2.48. The number of ether oxygens (including phenoxy) is 4. The van der Waals surface area contributed by atoms with Gasteiger partial charge in [0.25, 0.3) is 0 Å². The molecule has 2 heterocycles. The molecule has 5 rings (SSSR count). The molecule has 0 aliphatic carbocycles. The van der Waals surface area contributed by atoms with Crippen LogP contribution in [0.3, 0.4) is 0 Å². The molecule has 3 aromatic carbocycles. The van der Waals surface area contributed by atoms with Crippen LogP contribution in [0.15, 0.2) is 60.7 Å². The Kier molecular flexibility index (Phi) is 7.00. The van der Waals surface area contributed by atoms with Crippen LogP contribution in [-0.4, -0.2) is 57.1 Å². The molecule has 0 unspecified atom stereocenters. The lowest BCUT2D eigenvalue weighted by atomic mass is 9.76. The van der Waals surface area contributed by atoms with Crippen LogP contribution in [0.1, 0.15) is 41.4 Å². The van der Waals surface area contributed by atoms with Gasteiger partial charge in [0.1, 0.15) is 23.9 Å². The number of phenols is 1. The summed E-state index contributed by atoms with van der Waals surface area (Å²) in [6, 6.07) is 19.8. The Morgan fingerprint density at radius 3 is 2.37 bits per heavy atom. The average Bonchev–Trinajstić information content (AvgIpc) is 3.41. The minimum Gasteiger partial charge on any atom is -0.508 e. The fraction of sp³-hybridized carbons (Fsp3) is 0.379. The van der Waals surface area contributed by atoms with E-state index in [9.17, 15) is 5.11 Å². The Morgan fingerprint density at radius 1 is 0.886 bits per heavy atom. The normalized spacial score (nSPS) is 19.6. The average molecular weight is 476 g/mol. The molecular formula is C29H33NO5. The second-order valence-electron chi connectivity index (χ2n) is 9.20. The van der Waals surface area contributed by atoms with Crippen molar-refractivity contribution in [1.82, 2.24) is 4.90 Å². The molecule has 6 nitrogen and oxygen atoms in total. The van der Waals surface area contributed by atoms with Gasteiger partial charge in [0.2, 0.25) is 0 Å². The van der Waals surface area contributed by atoms with E-state index in [4.69, 9.17) is 18.9 Å². The zero-order valence-electron chi connectivity index (χ0n) is 20.4. The Balaban J connectivity index is 1.42. The van der Waals surface area contributed by atoms with Gasteiger partial charge in [-0.25, -0.2) is 0 Å². The van der Waals surface area contributed by atoms with Crippen LogP contribution in [0.5, 0.6) is 28.7 Å². The predicted molar refractivity (Wildman–Crippen MR) is 135 cm³/mol. The van der Waals surface area contributed by atoms with Crippen molar-refractivity contribution in [3.05, 3.63) is 77.4 Å². The lowest BCUT2D eigenvalue weighted by Gasteiger charge is -2.35. The zero-order valence-corrected chi connectivity index (χ0v) is 20.4. The highest BCUT2D eigenvalue weighted by Gasteiger charge is 2.34. The first kappa shape index (κ1) is 23.4. The molecule has 0 saturated carbocycles. The summed E-state index contributed by atoms with van der Waals surface area (Å²) in [6.45, 7) is 4.52. The summed E-state index contributed by atoms with van der Waals surface area (Å²) in [5, 5.41) is 10.0. The third-order valence-corrected chi connectivity index (χ3v) is 7.10. The van der Waals surface area contributed by atoms with Crippen LogP contribution >= 0.6 is 0 Å². The first-order valence-electron chi connectivity index (χ1n) is 12.3. The molecule has 1 saturated heterocycles. The number of hydrogen-bond acceptors (Lipinski definition) is 6. The van der Waals surface area contributed by atoms with E-state index in [1.807, 2.05) is 18.2 Å². The van der Waals surface area contributed by atoms with Crippen molar-refractivity contribution in [2.45, 2.75) is 24.7 Å². The van der Waals surface area contributed by atoms with Gasteiger partial charge in [-0.1, -0.05) is 24.3 Å². The summed E-state index contributed by atoms with van der Waals surface area (Å²) in [5.74, 6) is 3.32. The monoisotopic (exact) mass is 475 g/mol. The molecule has 0 aromatic heterocycles. The second-order valence-corrected chi connectivity index (χ2v) is 9.20. The highest BCUT2D eigenvalue weighted by molar-refractivity contribution is 5.52. The van der Waals surface area contributed by atoms with Crippen molar-refractivity contribution in [3.8, 4) is 28.7 Å². The number of nitrogens with zero attached hydrogens (tertiary/aromatic N) is 1. The molecule has 2 aliphatic heterocycles. The van der Waals surface area contributed by atoms with Crippen LogP contribution in [0, 0.1) is 0 Å². The molecule has 0 spiro atoms. The number of fused-ring (bicyclic) bond motifs is 1. The minimum absolute atomic E-state index is 0.0519. The molecule has 1 N–H and O–H groups in total. The maximum Gasteiger partial charge on any atom is 0.160 e. The van der Waals surface area contributed by atoms with Crippen molar-refractivity contribution in [2.75, 3.05) is 47.1 Å². The van der Waals surface area contributed by atoms with Crippen LogP contribution in [-0.2, 0) is 0 Å². The van der Waals surface area contributed by atoms with E-state index >= 15 is 0 Å². The zero-order chi connectivity index (χ0) is 24.2. The van der Waals surface area contributed by atoms with Gasteiger partial charge >= 0.3 is 0 Å². The Labute approximate surface area is 207 Å². The Hall–Kier alpha value is -3.38. The lowest BCUT2D eigenvalue weighted by Crippen LogP contribution is -2.25. The van der Waals surface area contributed by atoms with E-state index < -0.39 is 0 Å². The van der Waals surface area contributed by atoms with Crippen molar-refractivity contribution < 1.29 is 24.1 Å². The van der Waals surface area contributed by atoms with Crippen molar-refractivity contribution in [1.29, 1.82) is 0 Å². The molecule has 6 heteroatoms. The van der Waals surface area contributed by atoms with E-state index in [1.54, 1.807) is 26.4 Å². The van der Waals surface area contributed by atoms with Gasteiger partial charge in [-0.15, -0.1) is 0 Å². The first-order valence-corrected chi connectivity index (χ1v) is 12.3. The van der Waals surface area contributed by atoms with Crippen molar-refractivity contribution in [2.24, 2.45) is 0 Å². The number of benzene rings is 3. The number of rotatable bonds is 8. The van der Waals surface area contributed by atoms with Crippen LogP contribution in [0.4, 0.5) is 0 Å². The summed E-state index contributed by atoms with van der Waals surface area (Å²) in [5.41, 5.74) is 3.33. The van der Waals surface area contributed by atoms with E-state index in [2.05, 4.69) is 35.2 Å². The molecule has 0 radical (unpaired) electrons. The molecule has 0 amide bonds. The fourth-order valence-corrected chi connectivity index (χ4v) is 5.25. The maximum absolute atomic E-state index is 10.0. The maximum atomic E-state index is 10.0. The second kappa shape index (κ2) is 10.5. The van der Waals surface area contributed by atoms with E-state index in [-0.39, 0.29) is 17.6 Å². The molecule has 184 valence electrons. The molecule has 3 aromatic rings. The first-order chi connectivity index (χ1) is 17.2. The largest absolute Gasteiger partial charge is 0.508 e. The smallest absolute Gasteiger partial charge is 0.160 e. The minimum atomic E-state index is 0.0519. The Bertz CT molecular complexity index is 1140. The third-order valence-electron chi connectivity index (χ3n) is 7.10. The molecule has 35 heavy (non-hydrogen) atoms. The van der Waals surface area contributed by atoms with Gasteiger partial charge in [-0.3, -0.25) is 4.90 Å². The summed E-state index contributed by atoms with van der Waals surface area (Å²) in [7, 11) is 3.29. The number of hydrogen-bond donors (Lipinski definition) is 1. The molecule has 1 fully saturated rings. The van der Waals surface area contributed by atoms with Gasteiger partial charge < -0.3 is 24.1 Å². The van der Waals surface area contributed by atoms with Crippen LogP contribution in [0.25, 0.3) is 0 Å². The number of methoxy groups -OCH3 is 2. The Morgan fingerprint density at radius 2 is 1.63 bits per heavy atom. The predicted octanol–water partition coefficient (Wildman–Crippen LogP) is 5.19. The van der Waals surface area contributed by atoms with Crippen molar-refractivity contribution >= 4 is 0 Å². The molecule has 2 atom stereocenters. The van der Waals surface area contributed by atoms with Gasteiger partial charge in [-0.2, -0.15) is 0 Å². The topological polar surface area (TPSA) is 60.4 Å². The summed E-state index contributed by atoms with van der Waals surface area (Å²) < 4.78 is 23.2. The third kappa shape index (κ3) is 5.03. The number of aromatic hydroxyl groups is 1. The summed E-state index contributed by atoms with van der Waals surface area (Å²) in [4.78, 5) is 2.45. The van der Waals surface area contributed by atoms with Crippen LogP contribution < -0.4 is 18.9 Å². The van der Waals surface area contributed by atoms with Gasteiger partial charge in [0.05, 0.1) is 20.8 Å². The van der Waals surface area contributed by atoms with E-state index in [0.717, 1.165) is 29.2 Å². The van der Waals surface area contributed by atoms with Gasteiger partial charge in [0, 0.05) is 30.0 Å². The number of phenolic OH excluding ortho intramolecular Hbond substituents is 1. The molecule has 0 bridgehead atoms. The summed E-state index contributed by atoms with van der Waals surface area (Å²) in [6.07, 6.45) is 2.58. The molecule has 2 aliphatic rings. The van der Waals surface area contributed by atoms with E-state index in [1.165, 1.54) is 31.5 Å². The van der Waals surface area contributed by atoms with Crippen molar-refractivity contribution in [3.63, 3.8) is 0 Å². The standard InChI is InChI=1S/C29H33NO5/c1-32-26-12-7-21(17-28(26)33-2)25-19-35-27-18-22(31)8-11-24(27)29(25)20-5-9-23(10-6-20)34-16-15-30-13-3-4-14-30/h5-12,17-18,25,29,31H,3-4,13-16,19H2,1-2H3/t25-,29-/m1/s1. The SMILES string of the molecule is COc1ccc([C@H]2COc3cc(O)ccc3[C@H]2c2ccc(OCCN3CCCC3)cc2)cc1OC. The van der Waals surface area contributed by atoms with Crippen LogP contribution in [0.2, 0.25) is 0 Å². The number of likely N-dealkylation sites (tertiary alicyclic amines) is 1. The highest BCUT2D eigenvalue weighted by atomic mass is 16.5. The lowest BCUT2D eigenvalue weighted by molar-refractivity contribution is 0.237. The van der Waals surface area contributed by atoms with E-state index in [0.29, 0.717) is 24.7 Å². The fourth-order valence-electron chi connectivity index (χ4n) is 5.25.